The maximum atomic E-state index is 11.6. The van der Waals surface area contributed by atoms with E-state index in [0.29, 0.717) is 24.6 Å². The van der Waals surface area contributed by atoms with E-state index < -0.39 is 0 Å². The molecule has 1 N–H and O–H groups in total. The van der Waals surface area contributed by atoms with Crippen molar-refractivity contribution in [3.8, 4) is 0 Å². The third kappa shape index (κ3) is 3.31. The molecule has 2 heterocycles. The molecule has 106 valence electrons. The zero-order chi connectivity index (χ0) is 14.5. The minimum Gasteiger partial charge on any atom is -0.361 e. The standard InChI is InChI=1S/C13H17N5O2/c1-4-14-13(19)11-5-6-12(16-15-11)18(3)8-10-7-9(2)20-17-10/h5-7H,4,8H2,1-3H3,(H,14,19). The van der Waals surface area contributed by atoms with Gasteiger partial charge in [0.2, 0.25) is 0 Å². The van der Waals surface area contributed by atoms with Crippen LogP contribution in [0, 0.1) is 6.92 Å². The first kappa shape index (κ1) is 14.0. The second-order valence-electron chi connectivity index (χ2n) is 4.42. The van der Waals surface area contributed by atoms with Crippen LogP contribution in [0.25, 0.3) is 0 Å². The number of amides is 1. The Bertz CT molecular complexity index is 579. The topological polar surface area (TPSA) is 84.2 Å². The molecule has 2 aromatic heterocycles. The van der Waals surface area contributed by atoms with Gasteiger partial charge in [0.1, 0.15) is 11.5 Å². The predicted molar refractivity (Wildman–Crippen MR) is 73.4 cm³/mol. The van der Waals surface area contributed by atoms with Crippen LogP contribution < -0.4 is 10.2 Å². The fraction of sp³-hybridized carbons (Fsp3) is 0.385. The van der Waals surface area contributed by atoms with Crippen LogP contribution in [0.1, 0.15) is 28.9 Å². The van der Waals surface area contributed by atoms with E-state index in [1.807, 2.05) is 31.9 Å². The summed E-state index contributed by atoms with van der Waals surface area (Å²) < 4.78 is 5.01. The highest BCUT2D eigenvalue weighted by Crippen LogP contribution is 2.12. The van der Waals surface area contributed by atoms with Crippen LogP contribution >= 0.6 is 0 Å². The van der Waals surface area contributed by atoms with Crippen LogP contribution in [0.3, 0.4) is 0 Å². The van der Waals surface area contributed by atoms with Crippen molar-refractivity contribution in [3.63, 3.8) is 0 Å². The van der Waals surface area contributed by atoms with E-state index in [1.165, 1.54) is 0 Å². The Labute approximate surface area is 117 Å². The van der Waals surface area contributed by atoms with Crippen LogP contribution in [-0.2, 0) is 6.54 Å². The van der Waals surface area contributed by atoms with Crippen LogP contribution in [0.2, 0.25) is 0 Å². The highest BCUT2D eigenvalue weighted by Gasteiger charge is 2.10. The summed E-state index contributed by atoms with van der Waals surface area (Å²) in [5, 5.41) is 14.6. The van der Waals surface area contributed by atoms with Crippen LogP contribution in [0.4, 0.5) is 5.82 Å². The number of anilines is 1. The fourth-order valence-electron chi connectivity index (χ4n) is 1.72. The molecule has 0 aliphatic heterocycles. The largest absolute Gasteiger partial charge is 0.361 e. The van der Waals surface area contributed by atoms with Gasteiger partial charge in [-0.3, -0.25) is 4.79 Å². The van der Waals surface area contributed by atoms with Gasteiger partial charge in [-0.1, -0.05) is 5.16 Å². The summed E-state index contributed by atoms with van der Waals surface area (Å²) in [5.41, 5.74) is 1.13. The number of nitrogens with zero attached hydrogens (tertiary/aromatic N) is 4. The molecule has 1 amide bonds. The van der Waals surface area contributed by atoms with Gasteiger partial charge in [-0.25, -0.2) is 0 Å². The van der Waals surface area contributed by atoms with Gasteiger partial charge in [0.05, 0.1) is 6.54 Å². The number of rotatable bonds is 5. The first-order valence-corrected chi connectivity index (χ1v) is 6.35. The lowest BCUT2D eigenvalue weighted by Gasteiger charge is -2.15. The number of hydrogen-bond acceptors (Lipinski definition) is 6. The van der Waals surface area contributed by atoms with Crippen molar-refractivity contribution in [2.24, 2.45) is 0 Å². The molecule has 7 nitrogen and oxygen atoms in total. The highest BCUT2D eigenvalue weighted by atomic mass is 16.5. The van der Waals surface area contributed by atoms with Crippen LogP contribution in [0.15, 0.2) is 22.7 Å². The van der Waals surface area contributed by atoms with E-state index in [2.05, 4.69) is 20.7 Å². The van der Waals surface area contributed by atoms with Crippen molar-refractivity contribution in [2.75, 3.05) is 18.5 Å². The van der Waals surface area contributed by atoms with Crippen LogP contribution in [0.5, 0.6) is 0 Å². The van der Waals surface area contributed by atoms with E-state index in [0.717, 1.165) is 11.5 Å². The molecular weight excluding hydrogens is 258 g/mol. The van der Waals surface area contributed by atoms with E-state index in [9.17, 15) is 4.79 Å². The molecule has 2 aromatic rings. The second-order valence-corrected chi connectivity index (χ2v) is 4.42. The second kappa shape index (κ2) is 6.14. The monoisotopic (exact) mass is 275 g/mol. The molecular formula is C13H17N5O2. The van der Waals surface area contributed by atoms with E-state index in [4.69, 9.17) is 4.52 Å². The maximum absolute atomic E-state index is 11.6. The zero-order valence-electron chi connectivity index (χ0n) is 11.8. The summed E-state index contributed by atoms with van der Waals surface area (Å²) in [7, 11) is 1.87. The van der Waals surface area contributed by atoms with Gasteiger partial charge in [-0.05, 0) is 26.0 Å². The van der Waals surface area contributed by atoms with Crippen molar-refractivity contribution in [1.29, 1.82) is 0 Å². The summed E-state index contributed by atoms with van der Waals surface area (Å²) in [4.78, 5) is 13.5. The number of aromatic nitrogens is 3. The summed E-state index contributed by atoms with van der Waals surface area (Å²) in [6.07, 6.45) is 0. The van der Waals surface area contributed by atoms with Gasteiger partial charge >= 0.3 is 0 Å². The van der Waals surface area contributed by atoms with Gasteiger partial charge in [0.25, 0.3) is 5.91 Å². The molecule has 0 saturated carbocycles. The average Bonchev–Trinajstić information content (AvgIpc) is 2.84. The van der Waals surface area contributed by atoms with Crippen LogP contribution in [-0.4, -0.2) is 34.9 Å². The quantitative estimate of drug-likeness (QED) is 0.881. The lowest BCUT2D eigenvalue weighted by Crippen LogP contribution is -2.25. The smallest absolute Gasteiger partial charge is 0.271 e. The van der Waals surface area contributed by atoms with Gasteiger partial charge in [0.15, 0.2) is 11.5 Å². The minimum atomic E-state index is -0.221. The minimum absolute atomic E-state index is 0.221. The number of carbonyl (C=O) groups is 1. The Morgan fingerprint density at radius 2 is 2.20 bits per heavy atom. The molecule has 0 bridgehead atoms. The highest BCUT2D eigenvalue weighted by molar-refractivity contribution is 5.92. The Balaban J connectivity index is 2.03. The molecule has 20 heavy (non-hydrogen) atoms. The predicted octanol–water partition coefficient (Wildman–Crippen LogP) is 1.16. The van der Waals surface area contributed by atoms with E-state index in [-0.39, 0.29) is 5.91 Å². The molecule has 2 rings (SSSR count). The molecule has 0 aromatic carbocycles. The van der Waals surface area contributed by atoms with Gasteiger partial charge < -0.3 is 14.7 Å². The molecule has 0 atom stereocenters. The third-order valence-corrected chi connectivity index (χ3v) is 2.69. The fourth-order valence-corrected chi connectivity index (χ4v) is 1.72. The molecule has 0 fully saturated rings. The Morgan fingerprint density at radius 1 is 1.40 bits per heavy atom. The van der Waals surface area contributed by atoms with Crippen molar-refractivity contribution in [1.82, 2.24) is 20.7 Å². The first-order chi connectivity index (χ1) is 9.60. The summed E-state index contributed by atoms with van der Waals surface area (Å²) in [5.74, 6) is 1.21. The summed E-state index contributed by atoms with van der Waals surface area (Å²) in [6.45, 7) is 4.82. The maximum Gasteiger partial charge on any atom is 0.271 e. The van der Waals surface area contributed by atoms with Gasteiger partial charge in [-0.2, -0.15) is 0 Å². The summed E-state index contributed by atoms with van der Waals surface area (Å²) in [6, 6.07) is 5.27. The summed E-state index contributed by atoms with van der Waals surface area (Å²) >= 11 is 0. The van der Waals surface area contributed by atoms with Crippen molar-refractivity contribution < 1.29 is 9.32 Å². The molecule has 7 heteroatoms. The SMILES string of the molecule is CCNC(=O)c1ccc(N(C)Cc2cc(C)on2)nn1. The van der Waals surface area contributed by atoms with Crippen molar-refractivity contribution >= 4 is 11.7 Å². The molecule has 0 spiro atoms. The van der Waals surface area contributed by atoms with Gasteiger partial charge in [-0.15, -0.1) is 10.2 Å². The Morgan fingerprint density at radius 3 is 2.75 bits per heavy atom. The molecule has 0 radical (unpaired) electrons. The lowest BCUT2D eigenvalue weighted by molar-refractivity contribution is 0.0950. The Hall–Kier alpha value is -2.44. The number of hydrogen-bond donors (Lipinski definition) is 1. The van der Waals surface area contributed by atoms with E-state index in [1.54, 1.807) is 12.1 Å². The molecule has 0 saturated heterocycles. The first-order valence-electron chi connectivity index (χ1n) is 6.35. The van der Waals surface area contributed by atoms with E-state index >= 15 is 0 Å². The average molecular weight is 275 g/mol. The Kier molecular flexibility index (Phi) is 4.29. The number of nitrogens with one attached hydrogen (secondary N) is 1. The third-order valence-electron chi connectivity index (χ3n) is 2.69. The molecule has 0 aliphatic rings. The molecule has 0 unspecified atom stereocenters. The lowest BCUT2D eigenvalue weighted by atomic mass is 10.3. The normalized spacial score (nSPS) is 10.3. The molecule has 0 aliphatic carbocycles. The zero-order valence-corrected chi connectivity index (χ0v) is 11.8. The van der Waals surface area contributed by atoms with Crippen molar-refractivity contribution in [2.45, 2.75) is 20.4 Å². The number of aryl methyl sites for hydroxylation is 1. The number of carbonyl (C=O) groups excluding carboxylic acids is 1. The van der Waals surface area contributed by atoms with Gasteiger partial charge in [0, 0.05) is 19.7 Å². The van der Waals surface area contributed by atoms with Crippen molar-refractivity contribution in [3.05, 3.63) is 35.3 Å².